The first-order valence-corrected chi connectivity index (χ1v) is 6.20. The van der Waals surface area contributed by atoms with E-state index in [2.05, 4.69) is 18.7 Å². The standard InChI is InChI=1S/C13H16OS/c1-10-7-8-13(12(14)9-10)15-11-5-3-2-4-6-11/h2-6,12-14H,1,7-9H2. The van der Waals surface area contributed by atoms with Crippen molar-refractivity contribution < 1.29 is 5.11 Å². The van der Waals surface area contributed by atoms with Gasteiger partial charge in [0.25, 0.3) is 0 Å². The molecule has 2 rings (SSSR count). The molecule has 0 amide bonds. The van der Waals surface area contributed by atoms with Crippen molar-refractivity contribution in [2.24, 2.45) is 0 Å². The fourth-order valence-electron chi connectivity index (χ4n) is 1.88. The van der Waals surface area contributed by atoms with Gasteiger partial charge in [-0.15, -0.1) is 11.8 Å². The molecule has 2 unspecified atom stereocenters. The van der Waals surface area contributed by atoms with Crippen molar-refractivity contribution >= 4 is 11.8 Å². The average molecular weight is 220 g/mol. The van der Waals surface area contributed by atoms with Crippen LogP contribution in [0, 0.1) is 0 Å². The molecule has 0 saturated heterocycles. The Labute approximate surface area is 95.2 Å². The van der Waals surface area contributed by atoms with Gasteiger partial charge < -0.3 is 5.11 Å². The quantitative estimate of drug-likeness (QED) is 0.772. The van der Waals surface area contributed by atoms with Crippen LogP contribution >= 0.6 is 11.8 Å². The predicted octanol–water partition coefficient (Wildman–Crippen LogP) is 3.25. The summed E-state index contributed by atoms with van der Waals surface area (Å²) >= 11 is 1.78. The lowest BCUT2D eigenvalue weighted by atomic mass is 9.93. The molecule has 1 aliphatic carbocycles. The SMILES string of the molecule is C=C1CCC(Sc2ccccc2)C(O)C1. The van der Waals surface area contributed by atoms with Crippen LogP contribution in [0.1, 0.15) is 19.3 Å². The molecule has 1 N–H and O–H groups in total. The van der Waals surface area contributed by atoms with Crippen LogP contribution in [0.4, 0.5) is 0 Å². The van der Waals surface area contributed by atoms with Crippen LogP contribution in [-0.4, -0.2) is 16.5 Å². The number of aliphatic hydroxyl groups is 1. The summed E-state index contributed by atoms with van der Waals surface area (Å²) in [7, 11) is 0. The molecule has 1 aliphatic rings. The fourth-order valence-corrected chi connectivity index (χ4v) is 3.03. The van der Waals surface area contributed by atoms with E-state index in [0.29, 0.717) is 5.25 Å². The molecule has 80 valence electrons. The zero-order chi connectivity index (χ0) is 10.7. The molecule has 1 nitrogen and oxygen atoms in total. The minimum Gasteiger partial charge on any atom is -0.392 e. The molecule has 0 aliphatic heterocycles. The van der Waals surface area contributed by atoms with E-state index in [4.69, 9.17) is 0 Å². The summed E-state index contributed by atoms with van der Waals surface area (Å²) in [5.41, 5.74) is 1.19. The van der Waals surface area contributed by atoms with E-state index in [9.17, 15) is 5.11 Å². The van der Waals surface area contributed by atoms with Gasteiger partial charge in [-0.3, -0.25) is 0 Å². The van der Waals surface area contributed by atoms with Gasteiger partial charge in [0.15, 0.2) is 0 Å². The molecule has 0 heterocycles. The van der Waals surface area contributed by atoms with E-state index in [0.717, 1.165) is 19.3 Å². The highest BCUT2D eigenvalue weighted by Crippen LogP contribution is 2.35. The first kappa shape index (κ1) is 10.8. The van der Waals surface area contributed by atoms with E-state index in [-0.39, 0.29) is 6.10 Å². The molecule has 0 radical (unpaired) electrons. The van der Waals surface area contributed by atoms with Gasteiger partial charge in [0.05, 0.1) is 6.10 Å². The lowest BCUT2D eigenvalue weighted by Crippen LogP contribution is -2.27. The third-order valence-electron chi connectivity index (χ3n) is 2.74. The summed E-state index contributed by atoms with van der Waals surface area (Å²) in [5.74, 6) is 0. The molecule has 1 aromatic rings. The molecule has 2 atom stereocenters. The highest BCUT2D eigenvalue weighted by molar-refractivity contribution is 8.00. The highest BCUT2D eigenvalue weighted by Gasteiger charge is 2.25. The van der Waals surface area contributed by atoms with Gasteiger partial charge in [0.1, 0.15) is 0 Å². The monoisotopic (exact) mass is 220 g/mol. The summed E-state index contributed by atoms with van der Waals surface area (Å²) in [6.07, 6.45) is 2.64. The minimum atomic E-state index is -0.226. The van der Waals surface area contributed by atoms with Crippen LogP contribution in [0.5, 0.6) is 0 Å². The summed E-state index contributed by atoms with van der Waals surface area (Å²) in [4.78, 5) is 1.24. The predicted molar refractivity (Wildman–Crippen MR) is 65.1 cm³/mol. The fraction of sp³-hybridized carbons (Fsp3) is 0.385. The van der Waals surface area contributed by atoms with Gasteiger partial charge in [-0.05, 0) is 31.4 Å². The zero-order valence-electron chi connectivity index (χ0n) is 8.73. The van der Waals surface area contributed by atoms with Crippen molar-refractivity contribution in [1.29, 1.82) is 0 Å². The van der Waals surface area contributed by atoms with Crippen molar-refractivity contribution in [2.75, 3.05) is 0 Å². The molecule has 1 fully saturated rings. The Morgan fingerprint density at radius 2 is 2.00 bits per heavy atom. The number of hydrogen-bond donors (Lipinski definition) is 1. The second-order valence-corrected chi connectivity index (χ2v) is 5.34. The molecule has 15 heavy (non-hydrogen) atoms. The second kappa shape index (κ2) is 4.86. The number of thioether (sulfide) groups is 1. The lowest BCUT2D eigenvalue weighted by molar-refractivity contribution is 0.156. The number of rotatable bonds is 2. The Balaban J connectivity index is 1.98. The summed E-state index contributed by atoms with van der Waals surface area (Å²) in [6, 6.07) is 10.3. The van der Waals surface area contributed by atoms with E-state index in [1.807, 2.05) is 18.2 Å². The van der Waals surface area contributed by atoms with Gasteiger partial charge in [0.2, 0.25) is 0 Å². The summed E-state index contributed by atoms with van der Waals surface area (Å²) < 4.78 is 0. The van der Waals surface area contributed by atoms with Gasteiger partial charge >= 0.3 is 0 Å². The average Bonchev–Trinajstić information content (AvgIpc) is 2.24. The maximum Gasteiger partial charge on any atom is 0.0699 e. The zero-order valence-corrected chi connectivity index (χ0v) is 9.54. The van der Waals surface area contributed by atoms with Crippen LogP contribution in [0.3, 0.4) is 0 Å². The van der Waals surface area contributed by atoms with Crippen molar-refractivity contribution in [3.8, 4) is 0 Å². The number of hydrogen-bond acceptors (Lipinski definition) is 2. The molecule has 0 spiro atoms. The lowest BCUT2D eigenvalue weighted by Gasteiger charge is -2.28. The Bertz CT molecular complexity index is 334. The van der Waals surface area contributed by atoms with E-state index in [1.54, 1.807) is 11.8 Å². The summed E-state index contributed by atoms with van der Waals surface area (Å²) in [5, 5.41) is 10.3. The van der Waals surface area contributed by atoms with Crippen LogP contribution in [0.25, 0.3) is 0 Å². The van der Waals surface area contributed by atoms with Crippen molar-refractivity contribution in [3.63, 3.8) is 0 Å². The Morgan fingerprint density at radius 1 is 1.27 bits per heavy atom. The molecule has 1 aromatic carbocycles. The Hall–Kier alpha value is -0.730. The van der Waals surface area contributed by atoms with Crippen LogP contribution < -0.4 is 0 Å². The smallest absolute Gasteiger partial charge is 0.0699 e. The Kier molecular flexibility index (Phi) is 3.49. The third-order valence-corrected chi connectivity index (χ3v) is 4.14. The highest BCUT2D eigenvalue weighted by atomic mass is 32.2. The summed E-state index contributed by atoms with van der Waals surface area (Å²) in [6.45, 7) is 3.94. The van der Waals surface area contributed by atoms with E-state index < -0.39 is 0 Å². The largest absolute Gasteiger partial charge is 0.392 e. The van der Waals surface area contributed by atoms with Crippen LogP contribution in [0.15, 0.2) is 47.4 Å². The topological polar surface area (TPSA) is 20.2 Å². The van der Waals surface area contributed by atoms with Gasteiger partial charge in [-0.1, -0.05) is 30.4 Å². The molecule has 0 aromatic heterocycles. The molecular weight excluding hydrogens is 204 g/mol. The van der Waals surface area contributed by atoms with Crippen LogP contribution in [0.2, 0.25) is 0 Å². The second-order valence-electron chi connectivity index (χ2n) is 4.03. The van der Waals surface area contributed by atoms with Crippen molar-refractivity contribution in [3.05, 3.63) is 42.5 Å². The molecule has 0 bridgehead atoms. The van der Waals surface area contributed by atoms with Crippen molar-refractivity contribution in [2.45, 2.75) is 35.5 Å². The normalized spacial score (nSPS) is 26.6. The third kappa shape index (κ3) is 2.86. The van der Waals surface area contributed by atoms with Gasteiger partial charge in [-0.2, -0.15) is 0 Å². The molecular formula is C13H16OS. The number of benzene rings is 1. The van der Waals surface area contributed by atoms with Crippen molar-refractivity contribution in [1.82, 2.24) is 0 Å². The number of aliphatic hydroxyl groups excluding tert-OH is 1. The molecule has 1 saturated carbocycles. The van der Waals surface area contributed by atoms with Crippen LogP contribution in [-0.2, 0) is 0 Å². The molecule has 2 heteroatoms. The van der Waals surface area contributed by atoms with Gasteiger partial charge in [0, 0.05) is 10.1 Å². The maximum atomic E-state index is 9.92. The van der Waals surface area contributed by atoms with Gasteiger partial charge in [-0.25, -0.2) is 0 Å². The first-order valence-electron chi connectivity index (χ1n) is 5.32. The minimum absolute atomic E-state index is 0.226. The first-order chi connectivity index (χ1) is 7.25. The van der Waals surface area contributed by atoms with E-state index >= 15 is 0 Å². The van der Waals surface area contributed by atoms with E-state index in [1.165, 1.54) is 10.5 Å². The Morgan fingerprint density at radius 3 is 2.67 bits per heavy atom. The maximum absolute atomic E-state index is 9.92.